The van der Waals surface area contributed by atoms with Gasteiger partial charge in [0.2, 0.25) is 5.96 Å². The van der Waals surface area contributed by atoms with Crippen LogP contribution >= 0.6 is 0 Å². The summed E-state index contributed by atoms with van der Waals surface area (Å²) >= 11 is 0. The van der Waals surface area contributed by atoms with E-state index in [0.717, 1.165) is 5.56 Å². The fraction of sp³-hybridized carbons (Fsp3) is 0.185. The number of nitriles is 1. The maximum absolute atomic E-state index is 13.4. The third kappa shape index (κ3) is 6.92. The number of carbonyl (C=O) groups excluding carboxylic acids is 2. The summed E-state index contributed by atoms with van der Waals surface area (Å²) in [5.41, 5.74) is 7.33. The van der Waals surface area contributed by atoms with Gasteiger partial charge >= 0.3 is 6.09 Å². The van der Waals surface area contributed by atoms with E-state index < -0.39 is 23.6 Å². The highest BCUT2D eigenvalue weighted by molar-refractivity contribution is 6.12. The molecule has 3 aromatic carbocycles. The molecule has 0 fully saturated rings. The second-order valence-electron chi connectivity index (χ2n) is 8.54. The predicted molar refractivity (Wildman–Crippen MR) is 133 cm³/mol. The highest BCUT2D eigenvalue weighted by Gasteiger charge is 2.24. The maximum atomic E-state index is 13.4. The summed E-state index contributed by atoms with van der Waals surface area (Å²) in [7, 11) is 0. The molecule has 0 spiro atoms. The summed E-state index contributed by atoms with van der Waals surface area (Å²) in [5, 5.41) is 12.2. The van der Waals surface area contributed by atoms with Gasteiger partial charge in [-0.05, 0) is 44.0 Å². The molecule has 0 bridgehead atoms. The Kier molecular flexibility index (Phi) is 7.85. The van der Waals surface area contributed by atoms with Crippen molar-refractivity contribution < 1.29 is 19.1 Å². The van der Waals surface area contributed by atoms with Crippen molar-refractivity contribution in [3.8, 4) is 22.9 Å². The predicted octanol–water partition coefficient (Wildman–Crippen LogP) is 4.78. The Balaban J connectivity index is 2.02. The Labute approximate surface area is 204 Å². The van der Waals surface area contributed by atoms with Gasteiger partial charge in [-0.2, -0.15) is 5.26 Å². The number of carbonyl (C=O) groups is 2. The number of nitrogens with zero attached hydrogens (tertiary/aromatic N) is 2. The van der Waals surface area contributed by atoms with Crippen LogP contribution < -0.4 is 15.8 Å². The van der Waals surface area contributed by atoms with E-state index in [0.29, 0.717) is 11.1 Å². The normalized spacial score (nSPS) is 11.3. The van der Waals surface area contributed by atoms with Crippen molar-refractivity contribution >= 4 is 18.0 Å². The number of hydrogen-bond donors (Lipinski definition) is 2. The van der Waals surface area contributed by atoms with E-state index in [2.05, 4.69) is 16.4 Å². The molecule has 3 N–H and O–H groups in total. The maximum Gasteiger partial charge on any atom is 0.437 e. The molecule has 178 valence electrons. The van der Waals surface area contributed by atoms with Crippen molar-refractivity contribution in [3.05, 3.63) is 89.5 Å². The van der Waals surface area contributed by atoms with Crippen LogP contribution in [-0.4, -0.2) is 23.6 Å². The number of hydrogen-bond acceptors (Lipinski definition) is 5. The van der Waals surface area contributed by atoms with Crippen molar-refractivity contribution in [2.24, 2.45) is 10.7 Å². The molecule has 0 aromatic heterocycles. The number of ether oxygens (including phenoxy) is 2. The first-order valence-corrected chi connectivity index (χ1v) is 10.9. The molecule has 0 aliphatic rings. The van der Waals surface area contributed by atoms with Crippen LogP contribution in [0, 0.1) is 11.3 Å². The average Bonchev–Trinajstić information content (AvgIpc) is 2.81. The van der Waals surface area contributed by atoms with Gasteiger partial charge in [0, 0.05) is 5.56 Å². The van der Waals surface area contributed by atoms with Crippen LogP contribution in [0.2, 0.25) is 0 Å². The number of benzene rings is 3. The zero-order valence-corrected chi connectivity index (χ0v) is 19.7. The van der Waals surface area contributed by atoms with Crippen LogP contribution in [0.25, 0.3) is 11.1 Å². The SMILES string of the molecule is CC(C)(C)OC(=O)/N=C(\N)NC(=O)c1c(OCc2ccccc2)ccc(C#N)c1-c1ccccc1. The summed E-state index contributed by atoms with van der Waals surface area (Å²) < 4.78 is 11.1. The van der Waals surface area contributed by atoms with E-state index in [1.165, 1.54) is 0 Å². The van der Waals surface area contributed by atoms with Gasteiger partial charge in [-0.1, -0.05) is 60.7 Å². The summed E-state index contributed by atoms with van der Waals surface area (Å²) in [5.74, 6) is -0.886. The first-order chi connectivity index (χ1) is 16.7. The molecule has 0 saturated carbocycles. The number of aliphatic imine (C=N–C) groups is 1. The second-order valence-corrected chi connectivity index (χ2v) is 8.54. The van der Waals surface area contributed by atoms with Gasteiger partial charge in [-0.15, -0.1) is 4.99 Å². The minimum Gasteiger partial charge on any atom is -0.488 e. The van der Waals surface area contributed by atoms with Crippen molar-refractivity contribution in [2.45, 2.75) is 33.0 Å². The van der Waals surface area contributed by atoms with Gasteiger partial charge in [0.25, 0.3) is 5.91 Å². The number of nitrogens with two attached hydrogens (primary N) is 1. The second kappa shape index (κ2) is 11.0. The van der Waals surface area contributed by atoms with Crippen LogP contribution in [0.3, 0.4) is 0 Å². The van der Waals surface area contributed by atoms with Gasteiger partial charge in [0.05, 0.1) is 17.2 Å². The largest absolute Gasteiger partial charge is 0.488 e. The van der Waals surface area contributed by atoms with Crippen molar-refractivity contribution in [2.75, 3.05) is 0 Å². The van der Waals surface area contributed by atoms with Crippen LogP contribution in [0.15, 0.2) is 77.8 Å². The molecule has 0 aliphatic carbocycles. The van der Waals surface area contributed by atoms with Gasteiger partial charge < -0.3 is 15.2 Å². The highest BCUT2D eigenvalue weighted by Crippen LogP contribution is 2.34. The molecule has 0 atom stereocenters. The number of guanidine groups is 1. The Morgan fingerprint density at radius 2 is 1.63 bits per heavy atom. The number of amides is 2. The minimum absolute atomic E-state index is 0.0912. The van der Waals surface area contributed by atoms with E-state index in [4.69, 9.17) is 15.2 Å². The molecule has 0 aliphatic heterocycles. The summed E-state index contributed by atoms with van der Waals surface area (Å²) in [6, 6.07) is 23.7. The fourth-order valence-electron chi connectivity index (χ4n) is 3.25. The van der Waals surface area contributed by atoms with Gasteiger partial charge in [-0.3, -0.25) is 10.1 Å². The lowest BCUT2D eigenvalue weighted by Crippen LogP contribution is -2.38. The van der Waals surface area contributed by atoms with Crippen LogP contribution in [0.5, 0.6) is 5.75 Å². The highest BCUT2D eigenvalue weighted by atomic mass is 16.6. The molecule has 35 heavy (non-hydrogen) atoms. The fourth-order valence-corrected chi connectivity index (χ4v) is 3.25. The summed E-state index contributed by atoms with van der Waals surface area (Å²) in [6.07, 6.45) is -0.940. The van der Waals surface area contributed by atoms with E-state index in [1.807, 2.05) is 36.4 Å². The molecular formula is C27H26N4O4. The van der Waals surface area contributed by atoms with E-state index in [9.17, 15) is 14.9 Å². The minimum atomic E-state index is -0.940. The third-order valence-corrected chi connectivity index (χ3v) is 4.66. The molecular weight excluding hydrogens is 444 g/mol. The Morgan fingerprint density at radius 3 is 2.23 bits per heavy atom. The Morgan fingerprint density at radius 1 is 1.00 bits per heavy atom. The molecule has 0 heterocycles. The molecule has 3 rings (SSSR count). The molecule has 0 radical (unpaired) electrons. The zero-order valence-electron chi connectivity index (χ0n) is 19.7. The zero-order chi connectivity index (χ0) is 25.4. The van der Waals surface area contributed by atoms with Gasteiger partial charge in [0.15, 0.2) is 0 Å². The van der Waals surface area contributed by atoms with Gasteiger partial charge in [-0.25, -0.2) is 4.79 Å². The lowest BCUT2D eigenvalue weighted by Gasteiger charge is -2.18. The lowest BCUT2D eigenvalue weighted by atomic mass is 9.93. The third-order valence-electron chi connectivity index (χ3n) is 4.66. The van der Waals surface area contributed by atoms with E-state index >= 15 is 0 Å². The van der Waals surface area contributed by atoms with E-state index in [-0.39, 0.29) is 23.5 Å². The number of rotatable bonds is 5. The first kappa shape index (κ1) is 25.0. The molecule has 0 saturated heterocycles. The molecule has 3 aromatic rings. The van der Waals surface area contributed by atoms with Crippen molar-refractivity contribution in [3.63, 3.8) is 0 Å². The molecule has 2 amide bonds. The summed E-state index contributed by atoms with van der Waals surface area (Å²) in [6.45, 7) is 5.25. The smallest absolute Gasteiger partial charge is 0.437 e. The average molecular weight is 471 g/mol. The topological polar surface area (TPSA) is 127 Å². The monoisotopic (exact) mass is 470 g/mol. The van der Waals surface area contributed by atoms with Crippen LogP contribution in [0.4, 0.5) is 4.79 Å². The molecule has 8 nitrogen and oxygen atoms in total. The van der Waals surface area contributed by atoms with Crippen LogP contribution in [-0.2, 0) is 11.3 Å². The van der Waals surface area contributed by atoms with Gasteiger partial charge in [0.1, 0.15) is 18.0 Å². The quantitative estimate of drug-likeness (QED) is 0.408. The van der Waals surface area contributed by atoms with Crippen molar-refractivity contribution in [1.29, 1.82) is 5.26 Å². The lowest BCUT2D eigenvalue weighted by molar-refractivity contribution is 0.0604. The van der Waals surface area contributed by atoms with Crippen LogP contribution in [0.1, 0.15) is 42.3 Å². The Hall–Kier alpha value is -4.64. The standard InChI is InChI=1S/C27H26N4O4/c1-27(2,3)35-26(33)31-25(29)30-24(32)23-21(34-17-18-10-6-4-7-11-18)15-14-20(16-28)22(23)19-12-8-5-9-13-19/h4-15H,17H2,1-3H3,(H3,29,30,31,32,33). The number of nitrogens with one attached hydrogen (secondary N) is 1. The molecule has 0 unspecified atom stereocenters. The van der Waals surface area contributed by atoms with E-state index in [1.54, 1.807) is 57.2 Å². The summed E-state index contributed by atoms with van der Waals surface area (Å²) in [4.78, 5) is 29.0. The molecule has 8 heteroatoms. The first-order valence-electron chi connectivity index (χ1n) is 10.9. The van der Waals surface area contributed by atoms with Crippen molar-refractivity contribution in [1.82, 2.24) is 5.32 Å². The Bertz CT molecular complexity index is 1270.